The molecule has 3 rings (SSSR count). The minimum absolute atomic E-state index is 0.383. The van der Waals surface area contributed by atoms with Crippen LogP contribution in [0.4, 0.5) is 34.1 Å². The second-order valence-corrected chi connectivity index (χ2v) is 10.6. The molecular formula is C32H48N6. The van der Waals surface area contributed by atoms with Gasteiger partial charge in [0.15, 0.2) is 0 Å². The van der Waals surface area contributed by atoms with E-state index in [2.05, 4.69) is 73.9 Å². The Labute approximate surface area is 229 Å². The third kappa shape index (κ3) is 8.23. The fourth-order valence-corrected chi connectivity index (χ4v) is 5.09. The van der Waals surface area contributed by atoms with E-state index in [4.69, 9.17) is 22.9 Å². The minimum Gasteiger partial charge on any atom is -0.397 e. The monoisotopic (exact) mass is 516 g/mol. The van der Waals surface area contributed by atoms with Crippen molar-refractivity contribution in [3.05, 3.63) is 71.3 Å². The number of benzene rings is 3. The zero-order valence-corrected chi connectivity index (χ0v) is 23.5. The fraction of sp³-hybridized carbons (Fsp3) is 0.438. The number of nitrogens with two attached hydrogens (primary N) is 4. The molecule has 3 aromatic rings. The Morgan fingerprint density at radius 3 is 1.84 bits per heavy atom. The molecule has 10 N–H and O–H groups in total. The predicted octanol–water partition coefficient (Wildman–Crippen LogP) is 7.35. The number of unbranched alkanes of at least 4 members (excludes halogenated alkanes) is 2. The van der Waals surface area contributed by atoms with Gasteiger partial charge in [0.25, 0.3) is 0 Å². The number of hydrogen-bond acceptors (Lipinski definition) is 6. The summed E-state index contributed by atoms with van der Waals surface area (Å²) in [5.41, 5.74) is 33.4. The molecule has 0 aromatic heterocycles. The Balaban J connectivity index is 1.41. The molecule has 0 spiro atoms. The molecule has 6 nitrogen and oxygen atoms in total. The lowest BCUT2D eigenvalue weighted by molar-refractivity contribution is 0.545. The summed E-state index contributed by atoms with van der Waals surface area (Å²) in [6, 6.07) is 18.8. The normalized spacial score (nSPS) is 12.7. The highest BCUT2D eigenvalue weighted by atomic mass is 14.9. The highest BCUT2D eigenvalue weighted by molar-refractivity contribution is 5.68. The lowest BCUT2D eigenvalue weighted by atomic mass is 9.84. The van der Waals surface area contributed by atoms with Crippen molar-refractivity contribution < 1.29 is 0 Å². The van der Waals surface area contributed by atoms with Crippen LogP contribution >= 0.6 is 0 Å². The standard InChI is InChI=1S/C32H48N6/c1-4-9-23-10-14-31(29(35)19-23)37-16-7-6-8-17-38-32-15-12-26(21-30(32)36)24(5-2)18-22(3)25-11-13-27(33)28(34)20-25/h10-15,19-22,24,37-38H,4-9,16-18,33-36H2,1-3H3. The molecule has 38 heavy (non-hydrogen) atoms. The smallest absolute Gasteiger partial charge is 0.0574 e. The van der Waals surface area contributed by atoms with Gasteiger partial charge >= 0.3 is 0 Å². The van der Waals surface area contributed by atoms with Crippen LogP contribution in [0, 0.1) is 0 Å². The summed E-state index contributed by atoms with van der Waals surface area (Å²) in [6.45, 7) is 8.51. The van der Waals surface area contributed by atoms with Crippen LogP contribution in [0.1, 0.15) is 87.8 Å². The van der Waals surface area contributed by atoms with Gasteiger partial charge in [-0.15, -0.1) is 0 Å². The van der Waals surface area contributed by atoms with E-state index in [0.29, 0.717) is 23.2 Å². The van der Waals surface area contributed by atoms with E-state index in [0.717, 1.165) is 80.8 Å². The second kappa shape index (κ2) is 14.4. The van der Waals surface area contributed by atoms with Gasteiger partial charge in [0, 0.05) is 13.1 Å². The summed E-state index contributed by atoms with van der Waals surface area (Å²) >= 11 is 0. The van der Waals surface area contributed by atoms with Gasteiger partial charge in [-0.1, -0.05) is 45.4 Å². The van der Waals surface area contributed by atoms with Crippen molar-refractivity contribution in [2.24, 2.45) is 0 Å². The molecule has 206 valence electrons. The third-order valence-electron chi connectivity index (χ3n) is 7.50. The van der Waals surface area contributed by atoms with Crippen LogP contribution in [0.2, 0.25) is 0 Å². The van der Waals surface area contributed by atoms with Crippen molar-refractivity contribution in [2.75, 3.05) is 46.7 Å². The highest BCUT2D eigenvalue weighted by Gasteiger charge is 2.17. The maximum absolute atomic E-state index is 6.45. The third-order valence-corrected chi connectivity index (χ3v) is 7.50. The fourth-order valence-electron chi connectivity index (χ4n) is 5.09. The number of nitrogen functional groups attached to an aromatic ring is 4. The molecule has 0 saturated heterocycles. The van der Waals surface area contributed by atoms with Gasteiger partial charge in [-0.25, -0.2) is 0 Å². The van der Waals surface area contributed by atoms with E-state index < -0.39 is 0 Å². The average molecular weight is 517 g/mol. The van der Waals surface area contributed by atoms with E-state index in [1.165, 1.54) is 16.7 Å². The molecule has 0 saturated carbocycles. The summed E-state index contributed by atoms with van der Waals surface area (Å²) in [4.78, 5) is 0. The van der Waals surface area contributed by atoms with Crippen LogP contribution in [0.15, 0.2) is 54.6 Å². The summed E-state index contributed by atoms with van der Waals surface area (Å²) in [5.74, 6) is 0.817. The second-order valence-electron chi connectivity index (χ2n) is 10.6. The van der Waals surface area contributed by atoms with Gasteiger partial charge in [0.05, 0.1) is 34.1 Å². The van der Waals surface area contributed by atoms with Crippen molar-refractivity contribution in [3.63, 3.8) is 0 Å². The zero-order chi connectivity index (χ0) is 27.5. The van der Waals surface area contributed by atoms with Crippen LogP contribution in [-0.2, 0) is 6.42 Å². The number of aryl methyl sites for hydroxylation is 1. The number of rotatable bonds is 15. The van der Waals surface area contributed by atoms with E-state index >= 15 is 0 Å². The van der Waals surface area contributed by atoms with Crippen molar-refractivity contribution >= 4 is 34.1 Å². The van der Waals surface area contributed by atoms with Gasteiger partial charge < -0.3 is 33.6 Å². The Morgan fingerprint density at radius 2 is 1.26 bits per heavy atom. The number of nitrogens with one attached hydrogen (secondary N) is 2. The molecule has 0 aliphatic carbocycles. The largest absolute Gasteiger partial charge is 0.397 e. The lowest BCUT2D eigenvalue weighted by Gasteiger charge is -2.22. The molecule has 2 atom stereocenters. The Bertz CT molecular complexity index is 1160. The Hall–Kier alpha value is -3.54. The predicted molar refractivity (Wildman–Crippen MR) is 168 cm³/mol. The molecule has 0 radical (unpaired) electrons. The molecule has 0 fully saturated rings. The van der Waals surface area contributed by atoms with Crippen LogP contribution in [0.25, 0.3) is 0 Å². The molecule has 3 aromatic carbocycles. The van der Waals surface area contributed by atoms with Crippen LogP contribution in [0.3, 0.4) is 0 Å². The summed E-state index contributed by atoms with van der Waals surface area (Å²) in [6.07, 6.45) is 7.63. The van der Waals surface area contributed by atoms with E-state index in [1.54, 1.807) is 0 Å². The Kier molecular flexibility index (Phi) is 11.0. The molecule has 2 unspecified atom stereocenters. The number of hydrogen-bond donors (Lipinski definition) is 6. The molecule has 0 amide bonds. The lowest BCUT2D eigenvalue weighted by Crippen LogP contribution is -2.08. The first kappa shape index (κ1) is 29.0. The van der Waals surface area contributed by atoms with Gasteiger partial charge in [0.1, 0.15) is 0 Å². The first-order chi connectivity index (χ1) is 18.3. The van der Waals surface area contributed by atoms with Gasteiger partial charge in [0.2, 0.25) is 0 Å². The van der Waals surface area contributed by atoms with E-state index in [9.17, 15) is 0 Å². The van der Waals surface area contributed by atoms with Crippen molar-refractivity contribution in [1.82, 2.24) is 0 Å². The van der Waals surface area contributed by atoms with Gasteiger partial charge in [-0.2, -0.15) is 0 Å². The van der Waals surface area contributed by atoms with Crippen molar-refractivity contribution in [3.8, 4) is 0 Å². The van der Waals surface area contributed by atoms with Crippen LogP contribution in [-0.4, -0.2) is 13.1 Å². The molecule has 0 aliphatic heterocycles. The Morgan fingerprint density at radius 1 is 0.658 bits per heavy atom. The quantitative estimate of drug-likeness (QED) is 0.0925. The maximum atomic E-state index is 6.45. The van der Waals surface area contributed by atoms with Gasteiger partial charge in [-0.05, 0) is 103 Å². The average Bonchev–Trinajstić information content (AvgIpc) is 2.90. The van der Waals surface area contributed by atoms with E-state index in [1.807, 2.05) is 12.1 Å². The first-order valence-corrected chi connectivity index (χ1v) is 14.2. The zero-order valence-electron chi connectivity index (χ0n) is 23.5. The SMILES string of the molecule is CCCc1ccc(NCCCCCNc2ccc(C(CC)CC(C)c3ccc(N)c(N)c3)cc2N)c(N)c1. The molecular weight excluding hydrogens is 468 g/mol. The summed E-state index contributed by atoms with van der Waals surface area (Å²) in [5, 5.41) is 6.99. The van der Waals surface area contributed by atoms with E-state index in [-0.39, 0.29) is 0 Å². The van der Waals surface area contributed by atoms with Gasteiger partial charge in [-0.3, -0.25) is 0 Å². The van der Waals surface area contributed by atoms with Crippen LogP contribution < -0.4 is 33.6 Å². The minimum atomic E-state index is 0.383. The first-order valence-electron chi connectivity index (χ1n) is 14.2. The molecule has 6 heteroatoms. The summed E-state index contributed by atoms with van der Waals surface area (Å²) in [7, 11) is 0. The maximum Gasteiger partial charge on any atom is 0.0574 e. The topological polar surface area (TPSA) is 128 Å². The molecule has 0 heterocycles. The number of anilines is 6. The molecule has 0 bridgehead atoms. The van der Waals surface area contributed by atoms with Crippen LogP contribution in [0.5, 0.6) is 0 Å². The van der Waals surface area contributed by atoms with Crippen molar-refractivity contribution in [2.45, 2.75) is 77.6 Å². The molecule has 0 aliphatic rings. The van der Waals surface area contributed by atoms with Crippen molar-refractivity contribution in [1.29, 1.82) is 0 Å². The highest BCUT2D eigenvalue weighted by Crippen LogP contribution is 2.35. The summed E-state index contributed by atoms with van der Waals surface area (Å²) < 4.78 is 0.